The molecule has 0 saturated heterocycles. The highest BCUT2D eigenvalue weighted by Gasteiger charge is 2.20. The van der Waals surface area contributed by atoms with Gasteiger partial charge in [0.1, 0.15) is 0 Å². The van der Waals surface area contributed by atoms with Gasteiger partial charge in [0, 0.05) is 30.8 Å². The summed E-state index contributed by atoms with van der Waals surface area (Å²) in [6.45, 7) is 5.66. The first-order valence-electron chi connectivity index (χ1n) is 9.73. The third-order valence-corrected chi connectivity index (χ3v) is 5.18. The standard InChI is InChI=1S/C23H26N2O4/c1-14(2)25(4)20-9-5-15(3)11-18(20)23(28)29-13-21(26)17-6-8-19-16(12-17)7-10-22(27)24-19/h5-6,8-9,11-12,14H,7,10,13H2,1-4H3,(H,24,27). The number of carbonyl (C=O) groups excluding carboxylic acids is 3. The van der Waals surface area contributed by atoms with Crippen LogP contribution < -0.4 is 10.2 Å². The molecule has 1 aliphatic rings. The summed E-state index contributed by atoms with van der Waals surface area (Å²) in [5.41, 5.74) is 4.28. The van der Waals surface area contributed by atoms with E-state index < -0.39 is 5.97 Å². The van der Waals surface area contributed by atoms with Crippen LogP contribution in [0.3, 0.4) is 0 Å². The molecule has 0 aromatic heterocycles. The van der Waals surface area contributed by atoms with Gasteiger partial charge in [0.2, 0.25) is 5.91 Å². The molecule has 29 heavy (non-hydrogen) atoms. The van der Waals surface area contributed by atoms with E-state index in [0.29, 0.717) is 24.0 Å². The summed E-state index contributed by atoms with van der Waals surface area (Å²) in [7, 11) is 1.92. The molecule has 6 heteroatoms. The Kier molecular flexibility index (Phi) is 6.01. The first kappa shape index (κ1) is 20.6. The van der Waals surface area contributed by atoms with Crippen LogP contribution in [0.25, 0.3) is 0 Å². The van der Waals surface area contributed by atoms with Gasteiger partial charge in [0.05, 0.1) is 11.3 Å². The zero-order valence-corrected chi connectivity index (χ0v) is 17.2. The van der Waals surface area contributed by atoms with Crippen molar-refractivity contribution in [1.82, 2.24) is 0 Å². The Morgan fingerprint density at radius 3 is 2.62 bits per heavy atom. The second-order valence-electron chi connectivity index (χ2n) is 7.64. The summed E-state index contributed by atoms with van der Waals surface area (Å²) in [4.78, 5) is 38.7. The number of aryl methyl sites for hydroxylation is 2. The molecule has 2 aromatic rings. The van der Waals surface area contributed by atoms with Crippen molar-refractivity contribution >= 4 is 29.0 Å². The predicted octanol–water partition coefficient (Wildman–Crippen LogP) is 3.76. The molecule has 1 heterocycles. The first-order chi connectivity index (χ1) is 13.8. The second-order valence-corrected chi connectivity index (χ2v) is 7.64. The molecule has 0 aliphatic carbocycles. The third-order valence-electron chi connectivity index (χ3n) is 5.18. The largest absolute Gasteiger partial charge is 0.454 e. The molecule has 0 saturated carbocycles. The lowest BCUT2D eigenvalue weighted by Gasteiger charge is -2.26. The number of nitrogens with one attached hydrogen (secondary N) is 1. The van der Waals surface area contributed by atoms with Gasteiger partial charge in [-0.15, -0.1) is 0 Å². The van der Waals surface area contributed by atoms with E-state index in [-0.39, 0.29) is 24.3 Å². The highest BCUT2D eigenvalue weighted by molar-refractivity contribution is 6.02. The van der Waals surface area contributed by atoms with Crippen LogP contribution in [-0.4, -0.2) is 37.4 Å². The van der Waals surface area contributed by atoms with Gasteiger partial charge in [-0.2, -0.15) is 0 Å². The Balaban J connectivity index is 1.72. The number of rotatable bonds is 6. The summed E-state index contributed by atoms with van der Waals surface area (Å²) >= 11 is 0. The van der Waals surface area contributed by atoms with E-state index in [4.69, 9.17) is 4.74 Å². The van der Waals surface area contributed by atoms with Crippen molar-refractivity contribution in [2.75, 3.05) is 23.9 Å². The van der Waals surface area contributed by atoms with Gasteiger partial charge >= 0.3 is 5.97 Å². The molecule has 0 unspecified atom stereocenters. The van der Waals surface area contributed by atoms with E-state index in [9.17, 15) is 14.4 Å². The molecule has 0 fully saturated rings. The Morgan fingerprint density at radius 1 is 1.14 bits per heavy atom. The fourth-order valence-corrected chi connectivity index (χ4v) is 3.25. The Hall–Kier alpha value is -3.15. The van der Waals surface area contributed by atoms with Crippen LogP contribution >= 0.6 is 0 Å². The van der Waals surface area contributed by atoms with E-state index in [1.807, 2.05) is 44.9 Å². The monoisotopic (exact) mass is 394 g/mol. The molecule has 1 aliphatic heterocycles. The topological polar surface area (TPSA) is 75.7 Å². The SMILES string of the molecule is Cc1ccc(N(C)C(C)C)c(C(=O)OCC(=O)c2ccc3c(c2)CCC(=O)N3)c1. The summed E-state index contributed by atoms with van der Waals surface area (Å²) in [5, 5.41) is 2.79. The zero-order valence-electron chi connectivity index (χ0n) is 17.2. The number of ether oxygens (including phenoxy) is 1. The van der Waals surface area contributed by atoms with Gasteiger partial charge < -0.3 is 15.0 Å². The molecular formula is C23H26N2O4. The minimum absolute atomic E-state index is 0.0224. The van der Waals surface area contributed by atoms with E-state index in [2.05, 4.69) is 5.32 Å². The van der Waals surface area contributed by atoms with Crippen molar-refractivity contribution in [3.8, 4) is 0 Å². The van der Waals surface area contributed by atoms with Crippen molar-refractivity contribution in [3.05, 3.63) is 58.7 Å². The van der Waals surface area contributed by atoms with Crippen molar-refractivity contribution in [1.29, 1.82) is 0 Å². The first-order valence-corrected chi connectivity index (χ1v) is 9.73. The number of esters is 1. The minimum Gasteiger partial charge on any atom is -0.454 e. The number of carbonyl (C=O) groups is 3. The molecule has 1 N–H and O–H groups in total. The minimum atomic E-state index is -0.519. The van der Waals surface area contributed by atoms with Gasteiger partial charge in [-0.05, 0) is 63.1 Å². The maximum atomic E-state index is 12.7. The van der Waals surface area contributed by atoms with E-state index in [1.54, 1.807) is 24.3 Å². The molecule has 0 atom stereocenters. The zero-order chi connectivity index (χ0) is 21.1. The quantitative estimate of drug-likeness (QED) is 0.596. The summed E-state index contributed by atoms with van der Waals surface area (Å²) in [6.07, 6.45) is 0.995. The van der Waals surface area contributed by atoms with Crippen molar-refractivity contribution in [2.45, 2.75) is 39.7 Å². The summed E-state index contributed by atoms with van der Waals surface area (Å²) < 4.78 is 5.35. The van der Waals surface area contributed by atoms with Crippen LogP contribution in [-0.2, 0) is 16.0 Å². The van der Waals surface area contributed by atoms with Crippen LogP contribution in [0.2, 0.25) is 0 Å². The maximum Gasteiger partial charge on any atom is 0.340 e. The number of anilines is 2. The highest BCUT2D eigenvalue weighted by atomic mass is 16.5. The molecule has 2 aromatic carbocycles. The van der Waals surface area contributed by atoms with Crippen molar-refractivity contribution in [2.24, 2.45) is 0 Å². The fraction of sp³-hybridized carbons (Fsp3) is 0.348. The number of benzene rings is 2. The van der Waals surface area contributed by atoms with E-state index in [0.717, 1.165) is 22.5 Å². The summed E-state index contributed by atoms with van der Waals surface area (Å²) in [5.74, 6) is -0.815. The number of nitrogens with zero attached hydrogens (tertiary/aromatic N) is 1. The Bertz CT molecular complexity index is 965. The number of hydrogen-bond donors (Lipinski definition) is 1. The van der Waals surface area contributed by atoms with Gasteiger partial charge in [-0.3, -0.25) is 9.59 Å². The number of amides is 1. The van der Waals surface area contributed by atoms with Gasteiger partial charge in [-0.25, -0.2) is 4.79 Å². The van der Waals surface area contributed by atoms with Crippen LogP contribution in [0.15, 0.2) is 36.4 Å². The number of ketones is 1. The molecule has 152 valence electrons. The lowest BCUT2D eigenvalue weighted by molar-refractivity contribution is -0.116. The smallest absolute Gasteiger partial charge is 0.340 e. The Morgan fingerprint density at radius 2 is 1.90 bits per heavy atom. The molecule has 3 rings (SSSR count). The molecule has 0 bridgehead atoms. The van der Waals surface area contributed by atoms with Crippen molar-refractivity contribution in [3.63, 3.8) is 0 Å². The predicted molar refractivity (Wildman–Crippen MR) is 113 cm³/mol. The number of fused-ring (bicyclic) bond motifs is 1. The Labute approximate surface area is 170 Å². The highest BCUT2D eigenvalue weighted by Crippen LogP contribution is 2.25. The van der Waals surface area contributed by atoms with E-state index >= 15 is 0 Å². The van der Waals surface area contributed by atoms with Gasteiger partial charge in [0.25, 0.3) is 0 Å². The second kappa shape index (κ2) is 8.47. The lowest BCUT2D eigenvalue weighted by atomic mass is 9.99. The average molecular weight is 394 g/mol. The van der Waals surface area contributed by atoms with Gasteiger partial charge in [0.15, 0.2) is 12.4 Å². The van der Waals surface area contributed by atoms with Crippen LogP contribution in [0.5, 0.6) is 0 Å². The fourth-order valence-electron chi connectivity index (χ4n) is 3.25. The van der Waals surface area contributed by atoms with E-state index in [1.165, 1.54) is 0 Å². The normalized spacial score (nSPS) is 12.9. The summed E-state index contributed by atoms with van der Waals surface area (Å²) in [6, 6.07) is 11.0. The van der Waals surface area contributed by atoms with Crippen LogP contribution in [0.4, 0.5) is 11.4 Å². The molecule has 0 spiro atoms. The number of Topliss-reactive ketones (excluding diaryl/α,β-unsaturated/α-hetero) is 1. The lowest BCUT2D eigenvalue weighted by Crippen LogP contribution is -2.28. The van der Waals surface area contributed by atoms with Crippen molar-refractivity contribution < 1.29 is 19.1 Å². The maximum absolute atomic E-state index is 12.7. The van der Waals surface area contributed by atoms with Crippen LogP contribution in [0, 0.1) is 6.92 Å². The molecule has 1 amide bonds. The molecule has 6 nitrogen and oxygen atoms in total. The molecule has 0 radical (unpaired) electrons. The van der Waals surface area contributed by atoms with Gasteiger partial charge in [-0.1, -0.05) is 11.6 Å². The molecular weight excluding hydrogens is 368 g/mol. The third kappa shape index (κ3) is 4.65. The van der Waals surface area contributed by atoms with Crippen LogP contribution in [0.1, 0.15) is 52.1 Å². The average Bonchev–Trinajstić information content (AvgIpc) is 2.70. The number of hydrogen-bond acceptors (Lipinski definition) is 5.